The lowest BCUT2D eigenvalue weighted by molar-refractivity contribution is 0.674. The summed E-state index contributed by atoms with van der Waals surface area (Å²) in [5.74, 6) is 0. The van der Waals surface area contributed by atoms with E-state index in [-0.39, 0.29) is 0 Å². The van der Waals surface area contributed by atoms with Crippen LogP contribution in [0.1, 0.15) is 37.3 Å². The second kappa shape index (κ2) is 7.36. The van der Waals surface area contributed by atoms with Crippen molar-refractivity contribution in [2.45, 2.75) is 39.7 Å². The van der Waals surface area contributed by atoms with Crippen LogP contribution in [0.15, 0.2) is 24.5 Å². The Balaban J connectivity index is 2.19. The number of rotatable bonds is 7. The smallest absolute Gasteiger partial charge is 0.124 e. The highest BCUT2D eigenvalue weighted by atomic mass is 32.1. The van der Waals surface area contributed by atoms with Gasteiger partial charge >= 0.3 is 0 Å². The number of aryl methyl sites for hydroxylation is 1. The Morgan fingerprint density at radius 3 is 2.63 bits per heavy atom. The van der Waals surface area contributed by atoms with Crippen LogP contribution in [0.5, 0.6) is 0 Å². The van der Waals surface area contributed by atoms with Gasteiger partial charge in [-0.15, -0.1) is 11.3 Å². The van der Waals surface area contributed by atoms with Crippen LogP contribution in [0.3, 0.4) is 0 Å². The molecule has 1 N–H and O–H groups in total. The van der Waals surface area contributed by atoms with Crippen molar-refractivity contribution < 1.29 is 0 Å². The summed E-state index contributed by atoms with van der Waals surface area (Å²) in [6.45, 7) is 6.39. The van der Waals surface area contributed by atoms with Crippen molar-refractivity contribution in [2.24, 2.45) is 0 Å². The van der Waals surface area contributed by atoms with Gasteiger partial charge in [-0.3, -0.25) is 4.98 Å². The Hall–Kier alpha value is -1.26. The molecule has 0 unspecified atom stereocenters. The quantitative estimate of drug-likeness (QED) is 0.784. The molecule has 19 heavy (non-hydrogen) atoms. The SMILES string of the molecule is CCCNCc1sc(-c2ccncc2)nc1CCC. The molecule has 0 aromatic carbocycles. The molecule has 2 aromatic heterocycles. The second-order valence-electron chi connectivity index (χ2n) is 4.55. The Morgan fingerprint density at radius 1 is 1.16 bits per heavy atom. The van der Waals surface area contributed by atoms with E-state index in [0.717, 1.165) is 30.9 Å². The van der Waals surface area contributed by atoms with Crippen molar-refractivity contribution in [3.63, 3.8) is 0 Å². The number of hydrogen-bond acceptors (Lipinski definition) is 4. The topological polar surface area (TPSA) is 37.8 Å². The highest BCUT2D eigenvalue weighted by Gasteiger charge is 2.11. The molecular weight excluding hydrogens is 254 g/mol. The molecule has 4 heteroatoms. The van der Waals surface area contributed by atoms with E-state index in [4.69, 9.17) is 4.98 Å². The molecule has 0 saturated heterocycles. The van der Waals surface area contributed by atoms with Crippen molar-refractivity contribution in [2.75, 3.05) is 6.54 Å². The van der Waals surface area contributed by atoms with Gasteiger partial charge in [0, 0.05) is 29.4 Å². The third-order valence-electron chi connectivity index (χ3n) is 2.90. The average Bonchev–Trinajstić information content (AvgIpc) is 2.84. The molecule has 0 amide bonds. The van der Waals surface area contributed by atoms with Crippen LogP contribution in [0.2, 0.25) is 0 Å². The standard InChI is InChI=1S/C15H21N3S/c1-3-5-13-14(11-17-8-4-2)19-15(18-13)12-6-9-16-10-7-12/h6-7,9-10,17H,3-5,8,11H2,1-2H3. The van der Waals surface area contributed by atoms with Crippen LogP contribution in [0, 0.1) is 0 Å². The zero-order valence-electron chi connectivity index (χ0n) is 11.6. The lowest BCUT2D eigenvalue weighted by Gasteiger charge is -2.02. The van der Waals surface area contributed by atoms with E-state index in [2.05, 4.69) is 24.1 Å². The molecule has 2 aromatic rings. The Bertz CT molecular complexity index is 493. The third-order valence-corrected chi connectivity index (χ3v) is 4.05. The summed E-state index contributed by atoms with van der Waals surface area (Å²) in [5.41, 5.74) is 2.42. The number of hydrogen-bond donors (Lipinski definition) is 1. The molecule has 2 heterocycles. The molecule has 0 aliphatic carbocycles. The first-order valence-electron chi connectivity index (χ1n) is 6.94. The van der Waals surface area contributed by atoms with Crippen LogP contribution >= 0.6 is 11.3 Å². The summed E-state index contributed by atoms with van der Waals surface area (Å²) in [4.78, 5) is 10.2. The summed E-state index contributed by atoms with van der Waals surface area (Å²) in [7, 11) is 0. The second-order valence-corrected chi connectivity index (χ2v) is 5.64. The van der Waals surface area contributed by atoms with Crippen molar-refractivity contribution in [3.05, 3.63) is 35.1 Å². The van der Waals surface area contributed by atoms with Gasteiger partial charge in [-0.05, 0) is 31.5 Å². The van der Waals surface area contributed by atoms with Gasteiger partial charge < -0.3 is 5.32 Å². The molecule has 102 valence electrons. The summed E-state index contributed by atoms with van der Waals surface area (Å²) in [6, 6.07) is 4.05. The zero-order chi connectivity index (χ0) is 13.5. The van der Waals surface area contributed by atoms with Crippen LogP contribution in [-0.2, 0) is 13.0 Å². The van der Waals surface area contributed by atoms with Crippen molar-refractivity contribution in [1.29, 1.82) is 0 Å². The predicted molar refractivity (Wildman–Crippen MR) is 81.3 cm³/mol. The van der Waals surface area contributed by atoms with Gasteiger partial charge in [0.05, 0.1) is 5.69 Å². The van der Waals surface area contributed by atoms with Crippen LogP contribution in [0.4, 0.5) is 0 Å². The molecule has 0 fully saturated rings. The van der Waals surface area contributed by atoms with Crippen molar-refractivity contribution in [1.82, 2.24) is 15.3 Å². The van der Waals surface area contributed by atoms with E-state index in [0.29, 0.717) is 0 Å². The fourth-order valence-electron chi connectivity index (χ4n) is 1.95. The van der Waals surface area contributed by atoms with Gasteiger partial charge in [-0.1, -0.05) is 20.3 Å². The van der Waals surface area contributed by atoms with Gasteiger partial charge in [0.2, 0.25) is 0 Å². The summed E-state index contributed by atoms with van der Waals surface area (Å²) >= 11 is 1.80. The van der Waals surface area contributed by atoms with E-state index >= 15 is 0 Å². The molecule has 0 bridgehead atoms. The fraction of sp³-hybridized carbons (Fsp3) is 0.467. The summed E-state index contributed by atoms with van der Waals surface area (Å²) in [6.07, 6.45) is 7.01. The lowest BCUT2D eigenvalue weighted by Crippen LogP contribution is -2.13. The lowest BCUT2D eigenvalue weighted by atomic mass is 10.2. The molecular formula is C15H21N3S. The highest BCUT2D eigenvalue weighted by molar-refractivity contribution is 7.15. The first-order valence-corrected chi connectivity index (χ1v) is 7.76. The summed E-state index contributed by atoms with van der Waals surface area (Å²) in [5, 5.41) is 4.58. The maximum absolute atomic E-state index is 4.80. The van der Waals surface area contributed by atoms with Gasteiger partial charge in [0.15, 0.2) is 0 Å². The average molecular weight is 275 g/mol. The summed E-state index contributed by atoms with van der Waals surface area (Å²) < 4.78 is 0. The van der Waals surface area contributed by atoms with Crippen LogP contribution < -0.4 is 5.32 Å². The molecule has 3 nitrogen and oxygen atoms in total. The largest absolute Gasteiger partial charge is 0.312 e. The molecule has 0 atom stereocenters. The van der Waals surface area contributed by atoms with E-state index in [9.17, 15) is 0 Å². The van der Waals surface area contributed by atoms with E-state index < -0.39 is 0 Å². The fourth-order valence-corrected chi connectivity index (χ4v) is 3.03. The Morgan fingerprint density at radius 2 is 1.95 bits per heavy atom. The molecule has 0 spiro atoms. The maximum Gasteiger partial charge on any atom is 0.124 e. The molecule has 0 aliphatic rings. The molecule has 2 rings (SSSR count). The minimum absolute atomic E-state index is 0.936. The first kappa shape index (κ1) is 14.2. The minimum atomic E-state index is 0.936. The number of nitrogens with zero attached hydrogens (tertiary/aromatic N) is 2. The highest BCUT2D eigenvalue weighted by Crippen LogP contribution is 2.28. The number of pyridine rings is 1. The van der Waals surface area contributed by atoms with Gasteiger partial charge in [-0.25, -0.2) is 4.98 Å². The predicted octanol–water partition coefficient (Wildman–Crippen LogP) is 3.66. The Kier molecular flexibility index (Phi) is 5.48. The van der Waals surface area contributed by atoms with Crippen molar-refractivity contribution >= 4 is 11.3 Å². The van der Waals surface area contributed by atoms with Crippen LogP contribution in [0.25, 0.3) is 10.6 Å². The minimum Gasteiger partial charge on any atom is -0.312 e. The monoisotopic (exact) mass is 275 g/mol. The first-order chi connectivity index (χ1) is 9.35. The molecule has 0 radical (unpaired) electrons. The molecule has 0 aliphatic heterocycles. The Labute approximate surface area is 119 Å². The third kappa shape index (κ3) is 3.85. The molecule has 0 saturated carbocycles. The van der Waals surface area contributed by atoms with Crippen molar-refractivity contribution in [3.8, 4) is 10.6 Å². The van der Waals surface area contributed by atoms with E-state index in [1.807, 2.05) is 24.5 Å². The number of aromatic nitrogens is 2. The maximum atomic E-state index is 4.80. The van der Waals surface area contributed by atoms with Gasteiger partial charge in [0.1, 0.15) is 5.01 Å². The van der Waals surface area contributed by atoms with Gasteiger partial charge in [0.25, 0.3) is 0 Å². The van der Waals surface area contributed by atoms with E-state index in [1.54, 1.807) is 11.3 Å². The number of thiazole rings is 1. The van der Waals surface area contributed by atoms with Crippen LogP contribution in [-0.4, -0.2) is 16.5 Å². The van der Waals surface area contributed by atoms with E-state index in [1.165, 1.54) is 22.6 Å². The number of nitrogens with one attached hydrogen (secondary N) is 1. The normalized spacial score (nSPS) is 10.8. The van der Waals surface area contributed by atoms with Gasteiger partial charge in [-0.2, -0.15) is 0 Å². The zero-order valence-corrected chi connectivity index (χ0v) is 12.5.